The summed E-state index contributed by atoms with van der Waals surface area (Å²) in [6.07, 6.45) is 1.49. The van der Waals surface area contributed by atoms with Crippen LogP contribution in [-0.2, 0) is 4.74 Å². The fourth-order valence-electron chi connectivity index (χ4n) is 1.64. The van der Waals surface area contributed by atoms with Crippen LogP contribution in [0.25, 0.3) is 11.2 Å². The van der Waals surface area contributed by atoms with Crippen LogP contribution in [0, 0.1) is 0 Å². The van der Waals surface area contributed by atoms with Crippen molar-refractivity contribution in [2.45, 2.75) is 26.9 Å². The van der Waals surface area contributed by atoms with Crippen LogP contribution in [0.4, 0.5) is 5.95 Å². The molecule has 0 saturated carbocycles. The lowest BCUT2D eigenvalue weighted by molar-refractivity contribution is 0.0641. The fraction of sp³-hybridized carbons (Fsp3) is 0.583. The molecule has 2 aromatic rings. The summed E-state index contributed by atoms with van der Waals surface area (Å²) in [4.78, 5) is 15.7. The van der Waals surface area contributed by atoms with E-state index in [-0.39, 0.29) is 6.10 Å². The fourth-order valence-corrected chi connectivity index (χ4v) is 1.64. The summed E-state index contributed by atoms with van der Waals surface area (Å²) in [6.45, 7) is 7.80. The monoisotopic (exact) mass is 265 g/mol. The molecule has 1 atom stereocenters. The second-order valence-electron chi connectivity index (χ2n) is 4.07. The van der Waals surface area contributed by atoms with E-state index in [0.717, 1.165) is 6.54 Å². The third-order valence-electron chi connectivity index (χ3n) is 2.46. The third-order valence-corrected chi connectivity index (χ3v) is 2.46. The topological polar surface area (TPSA) is 85.0 Å². The maximum absolute atomic E-state index is 5.79. The van der Waals surface area contributed by atoms with Gasteiger partial charge in [-0.3, -0.25) is 0 Å². The van der Waals surface area contributed by atoms with Gasteiger partial charge < -0.3 is 19.8 Å². The first-order chi connectivity index (χ1) is 9.24. The van der Waals surface area contributed by atoms with Crippen molar-refractivity contribution in [1.29, 1.82) is 0 Å². The van der Waals surface area contributed by atoms with Crippen LogP contribution in [0.3, 0.4) is 0 Å². The molecule has 2 heterocycles. The first kappa shape index (κ1) is 13.5. The van der Waals surface area contributed by atoms with Crippen LogP contribution in [0.2, 0.25) is 0 Å². The van der Waals surface area contributed by atoms with Gasteiger partial charge in [-0.05, 0) is 20.8 Å². The van der Waals surface area contributed by atoms with E-state index in [4.69, 9.17) is 9.47 Å². The number of hydrogen-bond acceptors (Lipinski definition) is 6. The Morgan fingerprint density at radius 3 is 2.95 bits per heavy atom. The summed E-state index contributed by atoms with van der Waals surface area (Å²) in [5.41, 5.74) is 1.29. The van der Waals surface area contributed by atoms with Crippen molar-refractivity contribution < 1.29 is 9.47 Å². The van der Waals surface area contributed by atoms with E-state index in [0.29, 0.717) is 36.2 Å². The normalized spacial score (nSPS) is 12.6. The molecule has 0 aliphatic heterocycles. The maximum atomic E-state index is 5.79. The Kier molecular flexibility index (Phi) is 4.51. The number of nitrogens with one attached hydrogen (secondary N) is 2. The van der Waals surface area contributed by atoms with Crippen molar-refractivity contribution in [3.05, 3.63) is 6.33 Å². The van der Waals surface area contributed by atoms with Gasteiger partial charge in [0, 0.05) is 13.2 Å². The lowest BCUT2D eigenvalue weighted by Crippen LogP contribution is -2.20. The zero-order valence-corrected chi connectivity index (χ0v) is 11.4. The number of fused-ring (bicyclic) bond motifs is 1. The minimum absolute atomic E-state index is 0.0872. The lowest BCUT2D eigenvalue weighted by atomic mass is 10.4. The van der Waals surface area contributed by atoms with Gasteiger partial charge in [0.1, 0.15) is 11.6 Å². The Morgan fingerprint density at radius 2 is 2.21 bits per heavy atom. The second-order valence-corrected chi connectivity index (χ2v) is 4.07. The van der Waals surface area contributed by atoms with Gasteiger partial charge >= 0.3 is 0 Å². The number of anilines is 1. The minimum atomic E-state index is -0.0872. The molecule has 0 saturated heterocycles. The molecule has 0 aliphatic rings. The smallest absolute Gasteiger partial charge is 0.245 e. The van der Waals surface area contributed by atoms with E-state index in [9.17, 15) is 0 Å². The van der Waals surface area contributed by atoms with Crippen molar-refractivity contribution in [3.63, 3.8) is 0 Å². The van der Waals surface area contributed by atoms with Crippen LogP contribution in [0.5, 0.6) is 5.88 Å². The van der Waals surface area contributed by atoms with Gasteiger partial charge in [-0.15, -0.1) is 0 Å². The molecule has 0 fully saturated rings. The standard InChI is InChI=1S/C12H19N5O2/c1-4-13-12-16-10-9(14-7-15-10)11(17-12)19-8(3)6-18-5-2/h7-8H,4-6H2,1-3H3,(H2,13,14,15,16,17). The first-order valence-corrected chi connectivity index (χ1v) is 6.44. The van der Waals surface area contributed by atoms with Gasteiger partial charge in [0.2, 0.25) is 11.8 Å². The van der Waals surface area contributed by atoms with Gasteiger partial charge in [0.15, 0.2) is 5.65 Å². The van der Waals surface area contributed by atoms with E-state index >= 15 is 0 Å². The van der Waals surface area contributed by atoms with Crippen LogP contribution in [0.15, 0.2) is 6.33 Å². The number of H-pyrrole nitrogens is 1. The molecule has 0 radical (unpaired) electrons. The molecular weight excluding hydrogens is 246 g/mol. The molecule has 0 spiro atoms. The van der Waals surface area contributed by atoms with Crippen molar-refractivity contribution in [3.8, 4) is 5.88 Å². The molecular formula is C12H19N5O2. The Bertz CT molecular complexity index is 528. The Labute approximate surface area is 111 Å². The molecule has 2 N–H and O–H groups in total. The minimum Gasteiger partial charge on any atom is -0.471 e. The molecule has 2 rings (SSSR count). The number of rotatable bonds is 7. The summed E-state index contributed by atoms with van der Waals surface area (Å²) < 4.78 is 11.1. The molecule has 19 heavy (non-hydrogen) atoms. The number of nitrogens with zero attached hydrogens (tertiary/aromatic N) is 3. The van der Waals surface area contributed by atoms with Gasteiger partial charge in [-0.2, -0.15) is 9.97 Å². The molecule has 104 valence electrons. The lowest BCUT2D eigenvalue weighted by Gasteiger charge is -2.14. The average molecular weight is 265 g/mol. The average Bonchev–Trinajstić information content (AvgIpc) is 2.85. The number of ether oxygens (including phenoxy) is 2. The predicted octanol–water partition coefficient (Wildman–Crippen LogP) is 1.59. The highest BCUT2D eigenvalue weighted by atomic mass is 16.5. The van der Waals surface area contributed by atoms with E-state index in [2.05, 4.69) is 25.3 Å². The quantitative estimate of drug-likeness (QED) is 0.790. The molecule has 7 nitrogen and oxygen atoms in total. The largest absolute Gasteiger partial charge is 0.471 e. The highest BCUT2D eigenvalue weighted by molar-refractivity contribution is 5.76. The van der Waals surface area contributed by atoms with Gasteiger partial charge in [0.05, 0.1) is 12.9 Å². The molecule has 0 aliphatic carbocycles. The van der Waals surface area contributed by atoms with Crippen molar-refractivity contribution in [1.82, 2.24) is 19.9 Å². The molecule has 7 heteroatoms. The number of imidazole rings is 1. The zero-order chi connectivity index (χ0) is 13.7. The molecule has 0 bridgehead atoms. The first-order valence-electron chi connectivity index (χ1n) is 6.44. The zero-order valence-electron chi connectivity index (χ0n) is 11.4. The van der Waals surface area contributed by atoms with Gasteiger partial charge in [-0.25, -0.2) is 4.98 Å². The van der Waals surface area contributed by atoms with Crippen LogP contribution in [0.1, 0.15) is 20.8 Å². The van der Waals surface area contributed by atoms with Crippen molar-refractivity contribution in [2.75, 3.05) is 25.1 Å². The number of hydrogen-bond donors (Lipinski definition) is 2. The summed E-state index contributed by atoms with van der Waals surface area (Å²) >= 11 is 0. The summed E-state index contributed by atoms with van der Waals surface area (Å²) in [5, 5.41) is 3.06. The predicted molar refractivity (Wildman–Crippen MR) is 72.4 cm³/mol. The molecule has 2 aromatic heterocycles. The Balaban J connectivity index is 2.21. The molecule has 1 unspecified atom stereocenters. The summed E-state index contributed by atoms with van der Waals surface area (Å²) in [5.74, 6) is 1.01. The van der Waals surface area contributed by atoms with Crippen LogP contribution in [-0.4, -0.2) is 45.8 Å². The van der Waals surface area contributed by atoms with E-state index in [1.54, 1.807) is 6.33 Å². The van der Waals surface area contributed by atoms with Crippen LogP contribution < -0.4 is 10.1 Å². The number of aromatic amines is 1. The van der Waals surface area contributed by atoms with Crippen molar-refractivity contribution >= 4 is 17.1 Å². The SMILES string of the molecule is CCNc1nc(OC(C)COCC)c2[nH]cnc2n1. The van der Waals surface area contributed by atoms with E-state index in [1.807, 2.05) is 20.8 Å². The Hall–Kier alpha value is -1.89. The summed E-state index contributed by atoms with van der Waals surface area (Å²) in [6, 6.07) is 0. The van der Waals surface area contributed by atoms with Gasteiger partial charge in [0.25, 0.3) is 0 Å². The van der Waals surface area contributed by atoms with Crippen molar-refractivity contribution in [2.24, 2.45) is 0 Å². The highest BCUT2D eigenvalue weighted by Crippen LogP contribution is 2.21. The second kappa shape index (κ2) is 6.33. The number of aromatic nitrogens is 4. The van der Waals surface area contributed by atoms with E-state index < -0.39 is 0 Å². The molecule has 0 aromatic carbocycles. The Morgan fingerprint density at radius 1 is 1.37 bits per heavy atom. The highest BCUT2D eigenvalue weighted by Gasteiger charge is 2.13. The summed E-state index contributed by atoms with van der Waals surface area (Å²) in [7, 11) is 0. The van der Waals surface area contributed by atoms with Crippen LogP contribution >= 0.6 is 0 Å². The van der Waals surface area contributed by atoms with Gasteiger partial charge in [-0.1, -0.05) is 0 Å². The maximum Gasteiger partial charge on any atom is 0.245 e. The molecule has 0 amide bonds. The van der Waals surface area contributed by atoms with E-state index in [1.165, 1.54) is 0 Å². The third kappa shape index (κ3) is 3.31.